The average molecular weight is 432 g/mol. The van der Waals surface area contributed by atoms with Crippen LogP contribution in [0.4, 0.5) is 5.13 Å². The number of hydrogen-bond acceptors (Lipinski definition) is 7. The molecule has 146 valence electrons. The number of thiazole rings is 1. The maximum absolute atomic E-state index is 12.1. The number of halogens is 1. The highest BCUT2D eigenvalue weighted by atomic mass is 35.5. The number of amides is 1. The van der Waals surface area contributed by atoms with E-state index in [0.717, 1.165) is 11.3 Å². The number of sulfonamides is 1. The zero-order valence-corrected chi connectivity index (χ0v) is 17.0. The second kappa shape index (κ2) is 9.27. The summed E-state index contributed by atoms with van der Waals surface area (Å²) in [5, 5.41) is 3.22. The SMILES string of the molecule is CCOC(=O)c1sc(NC(=O)CCNS(=O)(=O)c2ccc(Cl)cc2)nc1C. The van der Waals surface area contributed by atoms with E-state index in [1.54, 1.807) is 13.8 Å². The van der Waals surface area contributed by atoms with Crippen LogP contribution in [0, 0.1) is 6.92 Å². The number of esters is 1. The number of nitrogens with one attached hydrogen (secondary N) is 2. The maximum atomic E-state index is 12.1. The van der Waals surface area contributed by atoms with Crippen LogP contribution in [-0.4, -0.2) is 38.4 Å². The minimum atomic E-state index is -3.73. The van der Waals surface area contributed by atoms with Gasteiger partial charge in [-0.2, -0.15) is 0 Å². The molecule has 1 aromatic carbocycles. The van der Waals surface area contributed by atoms with Gasteiger partial charge in [0.05, 0.1) is 17.2 Å². The van der Waals surface area contributed by atoms with E-state index < -0.39 is 21.9 Å². The van der Waals surface area contributed by atoms with Crippen LogP contribution in [0.5, 0.6) is 0 Å². The van der Waals surface area contributed by atoms with Crippen molar-refractivity contribution in [1.29, 1.82) is 0 Å². The Bertz CT molecular complexity index is 926. The minimum Gasteiger partial charge on any atom is -0.462 e. The lowest BCUT2D eigenvalue weighted by Gasteiger charge is -2.06. The summed E-state index contributed by atoms with van der Waals surface area (Å²) in [6, 6.07) is 5.68. The number of aryl methyl sites for hydroxylation is 1. The van der Waals surface area contributed by atoms with Gasteiger partial charge in [0.1, 0.15) is 4.88 Å². The molecule has 0 radical (unpaired) electrons. The molecule has 2 rings (SSSR count). The Balaban J connectivity index is 1.88. The number of ether oxygens (including phenoxy) is 1. The molecule has 1 heterocycles. The Hall–Kier alpha value is -2.01. The Morgan fingerprint density at radius 3 is 2.56 bits per heavy atom. The fourth-order valence-corrected chi connectivity index (χ4v) is 4.05. The van der Waals surface area contributed by atoms with Gasteiger partial charge in [-0.15, -0.1) is 0 Å². The molecule has 1 amide bonds. The number of benzene rings is 1. The standard InChI is InChI=1S/C16H18ClN3O5S2/c1-3-25-15(22)14-10(2)19-16(26-14)20-13(21)8-9-18-27(23,24)12-6-4-11(17)5-7-12/h4-7,18H,3,8-9H2,1-2H3,(H,19,20,21). The van der Waals surface area contributed by atoms with Crippen LogP contribution in [0.15, 0.2) is 29.2 Å². The van der Waals surface area contributed by atoms with Gasteiger partial charge in [-0.3, -0.25) is 4.79 Å². The maximum Gasteiger partial charge on any atom is 0.350 e. The Kier molecular flexibility index (Phi) is 7.31. The summed E-state index contributed by atoms with van der Waals surface area (Å²) in [7, 11) is -3.73. The quantitative estimate of drug-likeness (QED) is 0.621. The average Bonchev–Trinajstić information content (AvgIpc) is 2.95. The smallest absolute Gasteiger partial charge is 0.350 e. The lowest BCUT2D eigenvalue weighted by Crippen LogP contribution is -2.27. The predicted octanol–water partition coefficient (Wildman–Crippen LogP) is 2.59. The molecule has 0 saturated heterocycles. The third kappa shape index (κ3) is 5.99. The first kappa shape index (κ1) is 21.3. The summed E-state index contributed by atoms with van der Waals surface area (Å²) in [6.07, 6.45) is -0.0970. The monoisotopic (exact) mass is 431 g/mol. The molecular weight excluding hydrogens is 414 g/mol. The number of carbonyl (C=O) groups excluding carboxylic acids is 2. The summed E-state index contributed by atoms with van der Waals surface area (Å²) in [5.41, 5.74) is 0.456. The van der Waals surface area contributed by atoms with E-state index in [2.05, 4.69) is 15.0 Å². The Morgan fingerprint density at radius 1 is 1.26 bits per heavy atom. The molecule has 2 aromatic rings. The highest BCUT2D eigenvalue weighted by molar-refractivity contribution is 7.89. The first-order valence-corrected chi connectivity index (χ1v) is 10.6. The molecule has 0 bridgehead atoms. The van der Waals surface area contributed by atoms with Gasteiger partial charge in [0, 0.05) is 18.0 Å². The summed E-state index contributed by atoms with van der Waals surface area (Å²) in [5.74, 6) is -0.929. The molecular formula is C16H18ClN3O5S2. The largest absolute Gasteiger partial charge is 0.462 e. The fraction of sp³-hybridized carbons (Fsp3) is 0.312. The summed E-state index contributed by atoms with van der Waals surface area (Å²) < 4.78 is 31.5. The summed E-state index contributed by atoms with van der Waals surface area (Å²) in [4.78, 5) is 28.2. The van der Waals surface area contributed by atoms with E-state index in [1.165, 1.54) is 24.3 Å². The van der Waals surface area contributed by atoms with E-state index >= 15 is 0 Å². The summed E-state index contributed by atoms with van der Waals surface area (Å²) in [6.45, 7) is 3.48. The van der Waals surface area contributed by atoms with Gasteiger partial charge in [0.2, 0.25) is 15.9 Å². The molecule has 27 heavy (non-hydrogen) atoms. The molecule has 11 heteroatoms. The Morgan fingerprint density at radius 2 is 1.93 bits per heavy atom. The third-order valence-electron chi connectivity index (χ3n) is 3.27. The van der Waals surface area contributed by atoms with E-state index in [4.69, 9.17) is 16.3 Å². The van der Waals surface area contributed by atoms with Crippen LogP contribution in [0.2, 0.25) is 5.02 Å². The van der Waals surface area contributed by atoms with Crippen molar-refractivity contribution in [2.24, 2.45) is 0 Å². The van der Waals surface area contributed by atoms with Crippen molar-refractivity contribution in [3.8, 4) is 0 Å². The first-order valence-electron chi connectivity index (χ1n) is 7.92. The van der Waals surface area contributed by atoms with Crippen LogP contribution >= 0.6 is 22.9 Å². The zero-order valence-electron chi connectivity index (χ0n) is 14.6. The van der Waals surface area contributed by atoms with E-state index in [0.29, 0.717) is 15.6 Å². The second-order valence-electron chi connectivity index (χ2n) is 5.30. The molecule has 1 aromatic heterocycles. The molecule has 0 unspecified atom stereocenters. The molecule has 0 spiro atoms. The van der Waals surface area contributed by atoms with Crippen LogP contribution < -0.4 is 10.0 Å². The number of rotatable bonds is 8. The molecule has 8 nitrogen and oxygen atoms in total. The van der Waals surface area contributed by atoms with Crippen molar-refractivity contribution < 1.29 is 22.7 Å². The highest BCUT2D eigenvalue weighted by Crippen LogP contribution is 2.23. The van der Waals surface area contributed by atoms with Crippen molar-refractivity contribution in [2.75, 3.05) is 18.5 Å². The Labute approximate surface area is 166 Å². The van der Waals surface area contributed by atoms with Gasteiger partial charge >= 0.3 is 5.97 Å². The van der Waals surface area contributed by atoms with Gasteiger partial charge in [0.25, 0.3) is 0 Å². The predicted molar refractivity (Wildman–Crippen MR) is 103 cm³/mol. The number of nitrogens with zero attached hydrogens (tertiary/aromatic N) is 1. The highest BCUT2D eigenvalue weighted by Gasteiger charge is 2.18. The van der Waals surface area contributed by atoms with Crippen molar-refractivity contribution in [2.45, 2.75) is 25.2 Å². The molecule has 0 aliphatic rings. The van der Waals surface area contributed by atoms with E-state index in [9.17, 15) is 18.0 Å². The van der Waals surface area contributed by atoms with Crippen molar-refractivity contribution in [3.05, 3.63) is 39.9 Å². The number of hydrogen-bond donors (Lipinski definition) is 2. The molecule has 0 aliphatic heterocycles. The normalized spacial score (nSPS) is 11.2. The number of aromatic nitrogens is 1. The number of anilines is 1. The first-order chi connectivity index (χ1) is 12.7. The molecule has 0 atom stereocenters. The van der Waals surface area contributed by atoms with E-state index in [1.807, 2.05) is 0 Å². The van der Waals surface area contributed by atoms with Crippen LogP contribution in [0.25, 0.3) is 0 Å². The lowest BCUT2D eigenvalue weighted by molar-refractivity contribution is -0.116. The minimum absolute atomic E-state index is 0.0573. The molecule has 0 saturated carbocycles. The van der Waals surface area contributed by atoms with Crippen molar-refractivity contribution in [1.82, 2.24) is 9.71 Å². The van der Waals surface area contributed by atoms with Gasteiger partial charge in [-0.25, -0.2) is 22.9 Å². The molecule has 0 fully saturated rings. The van der Waals surface area contributed by atoms with Gasteiger partial charge in [-0.05, 0) is 38.1 Å². The van der Waals surface area contributed by atoms with Gasteiger partial charge in [0.15, 0.2) is 5.13 Å². The lowest BCUT2D eigenvalue weighted by atomic mass is 10.4. The number of carbonyl (C=O) groups is 2. The van der Waals surface area contributed by atoms with Crippen LogP contribution in [-0.2, 0) is 19.6 Å². The van der Waals surface area contributed by atoms with E-state index in [-0.39, 0.29) is 29.6 Å². The van der Waals surface area contributed by atoms with Crippen LogP contribution in [0.3, 0.4) is 0 Å². The summed E-state index contributed by atoms with van der Waals surface area (Å²) >= 11 is 6.74. The van der Waals surface area contributed by atoms with Gasteiger partial charge < -0.3 is 10.1 Å². The van der Waals surface area contributed by atoms with Crippen molar-refractivity contribution >= 4 is 50.0 Å². The second-order valence-corrected chi connectivity index (χ2v) is 8.51. The van der Waals surface area contributed by atoms with Crippen molar-refractivity contribution in [3.63, 3.8) is 0 Å². The fourth-order valence-electron chi connectivity index (χ4n) is 2.01. The molecule has 2 N–H and O–H groups in total. The third-order valence-corrected chi connectivity index (χ3v) is 6.05. The van der Waals surface area contributed by atoms with Gasteiger partial charge in [-0.1, -0.05) is 22.9 Å². The molecule has 0 aliphatic carbocycles. The topological polar surface area (TPSA) is 114 Å². The zero-order chi connectivity index (χ0) is 20.0. The van der Waals surface area contributed by atoms with Crippen LogP contribution in [0.1, 0.15) is 28.7 Å².